The normalized spacial score (nSPS) is 8.93. The van der Waals surface area contributed by atoms with Crippen LogP contribution in [0.1, 0.15) is 10.4 Å². The maximum absolute atomic E-state index is 11.1. The van der Waals surface area contributed by atoms with Crippen molar-refractivity contribution in [2.45, 2.75) is 0 Å². The summed E-state index contributed by atoms with van der Waals surface area (Å²) in [6.07, 6.45) is 0. The second kappa shape index (κ2) is 4.20. The van der Waals surface area contributed by atoms with Crippen molar-refractivity contribution in [1.82, 2.24) is 0 Å². The largest absolute Gasteiger partial charge is 0.796 e. The lowest BCUT2D eigenvalue weighted by atomic mass is 10.2. The Morgan fingerprint density at radius 2 is 2.07 bits per heavy atom. The number of carbonyl (C=O) groups excluding carboxylic acids is 1. The minimum absolute atomic E-state index is 0.155. The third-order valence-corrected chi connectivity index (χ3v) is 1.61. The van der Waals surface area contributed by atoms with Crippen LogP contribution in [-0.4, -0.2) is 23.8 Å². The van der Waals surface area contributed by atoms with E-state index < -0.39 is 5.91 Å². The van der Waals surface area contributed by atoms with Crippen molar-refractivity contribution >= 4 is 11.9 Å². The number of ether oxygens (including phenoxy) is 1. The molecule has 0 unspecified atom stereocenters. The fraction of sp³-hybridized carbons (Fsp3) is 0.111. The van der Waals surface area contributed by atoms with Crippen molar-refractivity contribution < 1.29 is 14.3 Å². The SMILES string of the molecule is COc1ccc(C(=O)[N+]([O-])=C=[N-])cc1. The molecule has 5 heteroatoms. The molecule has 0 radical (unpaired) electrons. The van der Waals surface area contributed by atoms with Crippen LogP contribution < -0.4 is 4.74 Å². The van der Waals surface area contributed by atoms with Gasteiger partial charge in [0.15, 0.2) is 0 Å². The van der Waals surface area contributed by atoms with E-state index >= 15 is 0 Å². The number of carbonyl (C=O) groups is 1. The lowest BCUT2D eigenvalue weighted by molar-refractivity contribution is -0.344. The van der Waals surface area contributed by atoms with Crippen LogP contribution in [-0.2, 0) is 0 Å². The molecule has 72 valence electrons. The molecule has 14 heavy (non-hydrogen) atoms. The molecule has 1 rings (SSSR count). The molecule has 0 spiro atoms. The zero-order valence-electron chi connectivity index (χ0n) is 7.43. The van der Waals surface area contributed by atoms with Gasteiger partial charge in [-0.05, 0) is 24.3 Å². The summed E-state index contributed by atoms with van der Waals surface area (Å²) in [5.41, 5.74) is 0.155. The number of hydrogen-bond donors (Lipinski definition) is 0. The third-order valence-electron chi connectivity index (χ3n) is 1.61. The first kappa shape index (κ1) is 9.95. The number of rotatable bonds is 2. The van der Waals surface area contributed by atoms with Crippen LogP contribution in [0.5, 0.6) is 5.75 Å². The van der Waals surface area contributed by atoms with E-state index in [-0.39, 0.29) is 10.3 Å². The summed E-state index contributed by atoms with van der Waals surface area (Å²) in [5, 5.41) is 18.8. The number of benzene rings is 1. The number of hydroxylamine groups is 1. The van der Waals surface area contributed by atoms with E-state index in [4.69, 9.17) is 10.1 Å². The summed E-state index contributed by atoms with van der Waals surface area (Å²) in [6.45, 7) is 0. The standard InChI is InChI=1S/C9H7N2O3/c1-14-8-4-2-7(3-5-8)9(12)11(13)6-10/h2-5H,1H3/q-1. The lowest BCUT2D eigenvalue weighted by Crippen LogP contribution is -2.13. The van der Waals surface area contributed by atoms with Gasteiger partial charge in [-0.15, -0.1) is 0 Å². The predicted octanol–water partition coefficient (Wildman–Crippen LogP) is 1.09. The summed E-state index contributed by atoms with van der Waals surface area (Å²) in [5.74, 6) is -0.300. The monoisotopic (exact) mass is 191 g/mol. The molecule has 0 aliphatic rings. The van der Waals surface area contributed by atoms with Crippen molar-refractivity contribution in [1.29, 1.82) is 0 Å². The van der Waals surface area contributed by atoms with Gasteiger partial charge in [0.2, 0.25) is 0 Å². The molecule has 0 saturated heterocycles. The maximum Gasteiger partial charge on any atom is 0.261 e. The highest BCUT2D eigenvalue weighted by molar-refractivity contribution is 5.89. The van der Waals surface area contributed by atoms with Crippen LogP contribution in [0.2, 0.25) is 0 Å². The predicted molar refractivity (Wildman–Crippen MR) is 49.3 cm³/mol. The number of nitrogens with zero attached hydrogens (tertiary/aromatic N) is 2. The minimum atomic E-state index is -0.879. The van der Waals surface area contributed by atoms with Gasteiger partial charge in [0.05, 0.1) is 13.1 Å². The molecule has 0 bridgehead atoms. The van der Waals surface area contributed by atoms with Crippen LogP contribution in [0.4, 0.5) is 0 Å². The van der Waals surface area contributed by atoms with Gasteiger partial charge < -0.3 is 9.94 Å². The average molecular weight is 191 g/mol. The highest BCUT2D eigenvalue weighted by Gasteiger charge is 2.03. The molecule has 0 aromatic heterocycles. The summed E-state index contributed by atoms with van der Waals surface area (Å²) in [7, 11) is 1.49. The van der Waals surface area contributed by atoms with E-state index in [0.29, 0.717) is 5.75 Å². The van der Waals surface area contributed by atoms with Gasteiger partial charge in [-0.2, -0.15) is 0 Å². The Bertz CT molecular complexity index is 391. The Morgan fingerprint density at radius 3 is 2.50 bits per heavy atom. The Hall–Kier alpha value is -2.13. The van der Waals surface area contributed by atoms with E-state index in [1.165, 1.54) is 25.3 Å². The fourth-order valence-corrected chi connectivity index (χ4v) is 0.896. The van der Waals surface area contributed by atoms with E-state index in [2.05, 4.69) is 0 Å². The highest BCUT2D eigenvalue weighted by atomic mass is 16.5. The maximum atomic E-state index is 11.1. The number of amides is 1. The first-order valence-corrected chi connectivity index (χ1v) is 3.74. The molecule has 0 heterocycles. The van der Waals surface area contributed by atoms with Gasteiger partial charge in [0.1, 0.15) is 5.75 Å². The van der Waals surface area contributed by atoms with Crippen molar-refractivity contribution in [3.8, 4) is 5.75 Å². The zero-order valence-corrected chi connectivity index (χ0v) is 7.43. The van der Waals surface area contributed by atoms with Gasteiger partial charge in [0.25, 0.3) is 5.91 Å². The van der Waals surface area contributed by atoms with Crippen LogP contribution in [0.3, 0.4) is 0 Å². The molecule has 0 aliphatic carbocycles. The van der Waals surface area contributed by atoms with E-state index in [1.54, 1.807) is 12.1 Å². The Labute approximate surface area is 80.3 Å². The summed E-state index contributed by atoms with van der Waals surface area (Å²) < 4.78 is 4.59. The van der Waals surface area contributed by atoms with Crippen LogP contribution in [0.25, 0.3) is 5.41 Å². The summed E-state index contributed by atoms with van der Waals surface area (Å²) >= 11 is 0. The van der Waals surface area contributed by atoms with Crippen LogP contribution in [0.15, 0.2) is 24.3 Å². The van der Waals surface area contributed by atoms with Crippen molar-refractivity contribution in [2.24, 2.45) is 0 Å². The molecule has 0 N–H and O–H groups in total. The van der Waals surface area contributed by atoms with Crippen LogP contribution in [0, 0.1) is 5.21 Å². The smallest absolute Gasteiger partial charge is 0.261 e. The first-order valence-electron chi connectivity index (χ1n) is 3.74. The zero-order chi connectivity index (χ0) is 10.6. The first-order chi connectivity index (χ1) is 6.69. The molecule has 0 fully saturated rings. The Balaban J connectivity index is 2.98. The topological polar surface area (TPSA) is 74.7 Å². The van der Waals surface area contributed by atoms with Crippen molar-refractivity contribution in [2.75, 3.05) is 7.11 Å². The van der Waals surface area contributed by atoms with Crippen molar-refractivity contribution in [3.63, 3.8) is 0 Å². The van der Waals surface area contributed by atoms with E-state index in [1.807, 2.05) is 0 Å². The molecular formula is C9H7N2O3-. The van der Waals surface area contributed by atoms with Gasteiger partial charge in [0, 0.05) is 5.56 Å². The molecule has 0 aliphatic heterocycles. The molecule has 1 amide bonds. The molecule has 0 saturated carbocycles. The van der Waals surface area contributed by atoms with Crippen molar-refractivity contribution in [3.05, 3.63) is 40.4 Å². The second-order valence-corrected chi connectivity index (χ2v) is 2.43. The summed E-state index contributed by atoms with van der Waals surface area (Å²) in [6, 6.07) is 7.11. The minimum Gasteiger partial charge on any atom is -0.796 e. The van der Waals surface area contributed by atoms with Gasteiger partial charge in [-0.1, -0.05) is 5.41 Å². The molecule has 0 atom stereocenters. The Morgan fingerprint density at radius 1 is 1.50 bits per heavy atom. The molecular weight excluding hydrogens is 184 g/mol. The van der Waals surface area contributed by atoms with Gasteiger partial charge in [-0.25, -0.2) is 0 Å². The number of methoxy groups -OCH3 is 1. The average Bonchev–Trinajstić information content (AvgIpc) is 2.27. The van der Waals surface area contributed by atoms with E-state index in [0.717, 1.165) is 0 Å². The summed E-state index contributed by atoms with van der Waals surface area (Å²) in [4.78, 5) is 11.1. The molecule has 1 aromatic carbocycles. The molecule has 5 nitrogen and oxygen atoms in total. The van der Waals surface area contributed by atoms with Gasteiger partial charge in [-0.3, -0.25) is 9.53 Å². The second-order valence-electron chi connectivity index (χ2n) is 2.43. The quantitative estimate of drug-likeness (QED) is 0.304. The highest BCUT2D eigenvalue weighted by Crippen LogP contribution is 2.11. The Kier molecular flexibility index (Phi) is 2.99. The van der Waals surface area contributed by atoms with E-state index in [9.17, 15) is 10.0 Å². The number of hydrogen-bond acceptors (Lipinski definition) is 3. The third kappa shape index (κ3) is 1.97. The van der Waals surface area contributed by atoms with Gasteiger partial charge >= 0.3 is 0 Å². The fourth-order valence-electron chi connectivity index (χ4n) is 0.896. The lowest BCUT2D eigenvalue weighted by Gasteiger charge is -2.10. The molecule has 1 aromatic rings. The van der Waals surface area contributed by atoms with Crippen LogP contribution >= 0.6 is 0 Å².